The molecule has 0 radical (unpaired) electrons. The molecule has 0 fully saturated rings. The van der Waals surface area contributed by atoms with E-state index >= 15 is 0 Å². The van der Waals surface area contributed by atoms with Crippen molar-refractivity contribution in [1.29, 1.82) is 0 Å². The van der Waals surface area contributed by atoms with Crippen molar-refractivity contribution in [3.05, 3.63) is 35.9 Å². The van der Waals surface area contributed by atoms with E-state index in [1.54, 1.807) is 13.8 Å². The predicted octanol–water partition coefficient (Wildman–Crippen LogP) is 1.72. The lowest BCUT2D eigenvalue weighted by Gasteiger charge is -2.28. The smallest absolute Gasteiger partial charge is 0.323 e. The molecule has 0 amide bonds. The Labute approximate surface area is 124 Å². The number of aliphatic hydroxyl groups is 1. The molecular formula is C16H22O5. The number of esters is 2. The highest BCUT2D eigenvalue weighted by Crippen LogP contribution is 2.31. The van der Waals surface area contributed by atoms with Crippen LogP contribution in [0.25, 0.3) is 0 Å². The van der Waals surface area contributed by atoms with E-state index in [-0.39, 0.29) is 32.7 Å². The van der Waals surface area contributed by atoms with E-state index in [2.05, 4.69) is 0 Å². The van der Waals surface area contributed by atoms with Crippen molar-refractivity contribution >= 4 is 11.9 Å². The summed E-state index contributed by atoms with van der Waals surface area (Å²) in [6, 6.07) is 9.16. The quantitative estimate of drug-likeness (QED) is 0.584. The normalized spacial score (nSPS) is 11.0. The SMILES string of the molecule is CCOC(=O)C(CCO)(Cc1ccccc1)C(=O)OCC. The first-order valence-corrected chi connectivity index (χ1v) is 7.10. The topological polar surface area (TPSA) is 72.8 Å². The van der Waals surface area contributed by atoms with Crippen molar-refractivity contribution in [1.82, 2.24) is 0 Å². The van der Waals surface area contributed by atoms with Gasteiger partial charge in [0.15, 0.2) is 5.41 Å². The summed E-state index contributed by atoms with van der Waals surface area (Å²) >= 11 is 0. The molecule has 1 rings (SSSR count). The van der Waals surface area contributed by atoms with E-state index in [0.29, 0.717) is 0 Å². The van der Waals surface area contributed by atoms with Crippen molar-refractivity contribution in [2.45, 2.75) is 26.7 Å². The van der Waals surface area contributed by atoms with E-state index < -0.39 is 17.4 Å². The lowest BCUT2D eigenvalue weighted by molar-refractivity contribution is -0.173. The Morgan fingerprint density at radius 1 is 1.05 bits per heavy atom. The monoisotopic (exact) mass is 294 g/mol. The fourth-order valence-electron chi connectivity index (χ4n) is 2.19. The zero-order valence-corrected chi connectivity index (χ0v) is 12.5. The molecule has 116 valence electrons. The molecule has 0 aliphatic rings. The average molecular weight is 294 g/mol. The highest BCUT2D eigenvalue weighted by atomic mass is 16.6. The first-order chi connectivity index (χ1) is 10.1. The maximum absolute atomic E-state index is 12.3. The molecule has 21 heavy (non-hydrogen) atoms. The van der Waals surface area contributed by atoms with Gasteiger partial charge in [-0.05, 0) is 32.3 Å². The van der Waals surface area contributed by atoms with Crippen molar-refractivity contribution in [2.24, 2.45) is 5.41 Å². The van der Waals surface area contributed by atoms with Crippen LogP contribution in [0.4, 0.5) is 0 Å². The molecule has 1 N–H and O–H groups in total. The fourth-order valence-corrected chi connectivity index (χ4v) is 2.19. The van der Waals surface area contributed by atoms with Crippen LogP contribution in [0.5, 0.6) is 0 Å². The molecule has 1 aromatic rings. The van der Waals surface area contributed by atoms with Crippen molar-refractivity contribution < 1.29 is 24.2 Å². The van der Waals surface area contributed by atoms with Crippen LogP contribution in [0.1, 0.15) is 25.8 Å². The molecule has 0 aromatic heterocycles. The molecule has 5 heteroatoms. The first kappa shape index (κ1) is 17.2. The van der Waals surface area contributed by atoms with Crippen molar-refractivity contribution in [3.63, 3.8) is 0 Å². The van der Waals surface area contributed by atoms with Crippen LogP contribution in [0, 0.1) is 5.41 Å². The van der Waals surface area contributed by atoms with E-state index in [9.17, 15) is 14.7 Å². The molecule has 5 nitrogen and oxygen atoms in total. The van der Waals surface area contributed by atoms with Gasteiger partial charge in [0, 0.05) is 6.61 Å². The largest absolute Gasteiger partial charge is 0.465 e. The number of hydrogen-bond donors (Lipinski definition) is 1. The van der Waals surface area contributed by atoms with Gasteiger partial charge in [-0.1, -0.05) is 30.3 Å². The van der Waals surface area contributed by atoms with Crippen molar-refractivity contribution in [3.8, 4) is 0 Å². The molecule has 0 atom stereocenters. The number of ether oxygens (including phenoxy) is 2. The lowest BCUT2D eigenvalue weighted by atomic mass is 9.78. The van der Waals surface area contributed by atoms with E-state index in [4.69, 9.17) is 9.47 Å². The molecule has 0 saturated carbocycles. The maximum Gasteiger partial charge on any atom is 0.323 e. The zero-order chi connectivity index (χ0) is 15.7. The molecule has 0 aliphatic heterocycles. The number of benzene rings is 1. The minimum atomic E-state index is -1.50. The van der Waals surface area contributed by atoms with Crippen LogP contribution in [0.3, 0.4) is 0 Å². The molecule has 0 bridgehead atoms. The Bertz CT molecular complexity index is 437. The van der Waals surface area contributed by atoms with Gasteiger partial charge in [-0.2, -0.15) is 0 Å². The van der Waals surface area contributed by atoms with Gasteiger partial charge < -0.3 is 14.6 Å². The van der Waals surface area contributed by atoms with Crippen LogP contribution >= 0.6 is 0 Å². The summed E-state index contributed by atoms with van der Waals surface area (Å²) in [6.45, 7) is 3.38. The second-order valence-corrected chi connectivity index (χ2v) is 4.66. The van der Waals surface area contributed by atoms with Gasteiger partial charge in [0.2, 0.25) is 0 Å². The third kappa shape index (κ3) is 4.29. The summed E-state index contributed by atoms with van der Waals surface area (Å²) in [7, 11) is 0. The summed E-state index contributed by atoms with van der Waals surface area (Å²) in [6.07, 6.45) is 0.117. The van der Waals surface area contributed by atoms with Gasteiger partial charge in [-0.3, -0.25) is 9.59 Å². The third-order valence-electron chi connectivity index (χ3n) is 3.22. The van der Waals surface area contributed by atoms with Gasteiger partial charge >= 0.3 is 11.9 Å². The minimum Gasteiger partial charge on any atom is -0.465 e. The Balaban J connectivity index is 3.15. The van der Waals surface area contributed by atoms with Crippen LogP contribution in [0.2, 0.25) is 0 Å². The van der Waals surface area contributed by atoms with Crippen LogP contribution in [-0.4, -0.2) is 36.9 Å². The Hall–Kier alpha value is -1.88. The van der Waals surface area contributed by atoms with E-state index in [0.717, 1.165) is 5.56 Å². The summed E-state index contributed by atoms with van der Waals surface area (Å²) in [5.74, 6) is -1.30. The first-order valence-electron chi connectivity index (χ1n) is 7.10. The Morgan fingerprint density at radius 3 is 2.00 bits per heavy atom. The zero-order valence-electron chi connectivity index (χ0n) is 12.5. The molecule has 0 unspecified atom stereocenters. The van der Waals surface area contributed by atoms with E-state index in [1.165, 1.54) is 0 Å². The van der Waals surface area contributed by atoms with Gasteiger partial charge in [0.1, 0.15) is 0 Å². The standard InChI is InChI=1S/C16H22O5/c1-3-20-14(18)16(10-11-17,15(19)21-4-2)12-13-8-6-5-7-9-13/h5-9,17H,3-4,10-12H2,1-2H3. The highest BCUT2D eigenvalue weighted by molar-refractivity contribution is 6.00. The summed E-state index contributed by atoms with van der Waals surface area (Å²) in [5.41, 5.74) is -0.686. The van der Waals surface area contributed by atoms with Gasteiger partial charge in [-0.15, -0.1) is 0 Å². The van der Waals surface area contributed by atoms with Crippen LogP contribution in [-0.2, 0) is 25.5 Å². The molecule has 0 heterocycles. The summed E-state index contributed by atoms with van der Waals surface area (Å²) in [4.78, 5) is 24.7. The molecule has 1 aromatic carbocycles. The van der Waals surface area contributed by atoms with E-state index in [1.807, 2.05) is 30.3 Å². The van der Waals surface area contributed by atoms with Gasteiger partial charge in [-0.25, -0.2) is 0 Å². The number of rotatable bonds is 8. The fraction of sp³-hybridized carbons (Fsp3) is 0.500. The highest BCUT2D eigenvalue weighted by Gasteiger charge is 2.48. The van der Waals surface area contributed by atoms with Crippen molar-refractivity contribution in [2.75, 3.05) is 19.8 Å². The number of aliphatic hydroxyl groups excluding tert-OH is 1. The number of hydrogen-bond acceptors (Lipinski definition) is 5. The second kappa shape index (κ2) is 8.42. The second-order valence-electron chi connectivity index (χ2n) is 4.66. The van der Waals surface area contributed by atoms with Crippen LogP contribution < -0.4 is 0 Å². The molecular weight excluding hydrogens is 272 g/mol. The lowest BCUT2D eigenvalue weighted by Crippen LogP contribution is -2.44. The maximum atomic E-state index is 12.3. The summed E-state index contributed by atoms with van der Waals surface area (Å²) in [5, 5.41) is 9.30. The van der Waals surface area contributed by atoms with Crippen LogP contribution in [0.15, 0.2) is 30.3 Å². The molecule has 0 aliphatic carbocycles. The average Bonchev–Trinajstić information content (AvgIpc) is 2.48. The molecule has 0 saturated heterocycles. The Kier molecular flexibility index (Phi) is 6.88. The minimum absolute atomic E-state index is 0.0282. The molecule has 0 spiro atoms. The number of carbonyl (C=O) groups excluding carboxylic acids is 2. The summed E-state index contributed by atoms with van der Waals surface area (Å²) < 4.78 is 10.1. The van der Waals surface area contributed by atoms with Gasteiger partial charge in [0.05, 0.1) is 13.2 Å². The predicted molar refractivity (Wildman–Crippen MR) is 77.5 cm³/mol. The third-order valence-corrected chi connectivity index (χ3v) is 3.22. The van der Waals surface area contributed by atoms with Gasteiger partial charge in [0.25, 0.3) is 0 Å². The number of carbonyl (C=O) groups is 2. The Morgan fingerprint density at radius 2 is 1.57 bits per heavy atom.